The molecule has 0 amide bonds. The summed E-state index contributed by atoms with van der Waals surface area (Å²) in [5.41, 5.74) is 7.12. The molecule has 0 fully saturated rings. The van der Waals surface area contributed by atoms with E-state index in [1.165, 1.54) is 11.3 Å². The zero-order valence-electron chi connectivity index (χ0n) is 8.08. The van der Waals surface area contributed by atoms with Crippen LogP contribution in [0.4, 0.5) is 0 Å². The SMILES string of the molecule is NC(c1cccc(Cl)c1)c1cc(Br)c(Cl)s1. The van der Waals surface area contributed by atoms with Crippen LogP contribution in [0.15, 0.2) is 34.8 Å². The summed E-state index contributed by atoms with van der Waals surface area (Å²) >= 11 is 16.7. The third kappa shape index (κ3) is 2.60. The van der Waals surface area contributed by atoms with E-state index in [-0.39, 0.29) is 6.04 Å². The first-order chi connectivity index (χ1) is 7.58. The Morgan fingerprint density at radius 2 is 2.00 bits per heavy atom. The first-order valence-corrected chi connectivity index (χ1v) is 6.90. The molecule has 0 spiro atoms. The molecule has 0 aliphatic heterocycles. The second kappa shape index (κ2) is 5.07. The maximum absolute atomic E-state index is 6.14. The highest BCUT2D eigenvalue weighted by Gasteiger charge is 2.14. The van der Waals surface area contributed by atoms with Gasteiger partial charge in [0.15, 0.2) is 0 Å². The van der Waals surface area contributed by atoms with Gasteiger partial charge in [0, 0.05) is 14.4 Å². The van der Waals surface area contributed by atoms with Crippen LogP contribution in [-0.4, -0.2) is 0 Å². The molecule has 1 heterocycles. The number of rotatable bonds is 2. The topological polar surface area (TPSA) is 26.0 Å². The molecule has 0 aliphatic carbocycles. The maximum Gasteiger partial charge on any atom is 0.107 e. The van der Waals surface area contributed by atoms with E-state index in [1.54, 1.807) is 0 Å². The van der Waals surface area contributed by atoms with Crippen molar-refractivity contribution in [1.82, 2.24) is 0 Å². The van der Waals surface area contributed by atoms with Crippen molar-refractivity contribution in [3.63, 3.8) is 0 Å². The van der Waals surface area contributed by atoms with Crippen LogP contribution in [0.1, 0.15) is 16.5 Å². The molecule has 0 radical (unpaired) electrons. The summed E-state index contributed by atoms with van der Waals surface area (Å²) in [7, 11) is 0. The molecular formula is C11H8BrCl2NS. The Labute approximate surface area is 116 Å². The third-order valence-electron chi connectivity index (χ3n) is 2.18. The van der Waals surface area contributed by atoms with Gasteiger partial charge < -0.3 is 5.73 Å². The van der Waals surface area contributed by atoms with Gasteiger partial charge in [-0.1, -0.05) is 35.3 Å². The number of nitrogens with two attached hydrogens (primary N) is 1. The molecule has 2 rings (SSSR count). The summed E-state index contributed by atoms with van der Waals surface area (Å²) < 4.78 is 1.60. The van der Waals surface area contributed by atoms with Crippen LogP contribution in [-0.2, 0) is 0 Å². The van der Waals surface area contributed by atoms with Crippen molar-refractivity contribution in [2.45, 2.75) is 6.04 Å². The minimum atomic E-state index is -0.188. The average molecular weight is 337 g/mol. The second-order valence-electron chi connectivity index (χ2n) is 3.30. The fraction of sp³-hybridized carbons (Fsp3) is 0.0909. The Balaban J connectivity index is 2.35. The lowest BCUT2D eigenvalue weighted by Crippen LogP contribution is -2.09. The Hall–Kier alpha value is -0.0600. The van der Waals surface area contributed by atoms with Crippen molar-refractivity contribution in [3.05, 3.63) is 54.6 Å². The van der Waals surface area contributed by atoms with E-state index in [4.69, 9.17) is 28.9 Å². The molecule has 84 valence electrons. The van der Waals surface area contributed by atoms with Crippen molar-refractivity contribution in [1.29, 1.82) is 0 Å². The fourth-order valence-electron chi connectivity index (χ4n) is 1.38. The average Bonchev–Trinajstić information content (AvgIpc) is 2.58. The molecule has 2 N–H and O–H groups in total. The first kappa shape index (κ1) is 12.4. The van der Waals surface area contributed by atoms with E-state index >= 15 is 0 Å². The van der Waals surface area contributed by atoms with Gasteiger partial charge in [-0.2, -0.15) is 0 Å². The summed E-state index contributed by atoms with van der Waals surface area (Å²) in [5, 5.41) is 0.690. The van der Waals surface area contributed by atoms with Crippen molar-refractivity contribution in [3.8, 4) is 0 Å². The van der Waals surface area contributed by atoms with E-state index in [1.807, 2.05) is 30.3 Å². The molecule has 16 heavy (non-hydrogen) atoms. The third-order valence-corrected chi connectivity index (χ3v) is 4.97. The molecule has 0 bridgehead atoms. The van der Waals surface area contributed by atoms with E-state index in [0.717, 1.165) is 14.9 Å². The first-order valence-electron chi connectivity index (χ1n) is 4.53. The van der Waals surface area contributed by atoms with Gasteiger partial charge in [-0.15, -0.1) is 11.3 Å². The fourth-order valence-corrected chi connectivity index (χ4v) is 3.35. The van der Waals surface area contributed by atoms with Crippen LogP contribution in [0, 0.1) is 0 Å². The van der Waals surface area contributed by atoms with E-state index in [0.29, 0.717) is 9.36 Å². The van der Waals surface area contributed by atoms with Gasteiger partial charge in [-0.05, 0) is 39.7 Å². The Kier molecular flexibility index (Phi) is 3.93. The molecule has 1 aromatic carbocycles. The van der Waals surface area contributed by atoms with E-state index < -0.39 is 0 Å². The summed E-state index contributed by atoms with van der Waals surface area (Å²) in [6.07, 6.45) is 0. The van der Waals surface area contributed by atoms with Gasteiger partial charge in [-0.3, -0.25) is 0 Å². The summed E-state index contributed by atoms with van der Waals surface area (Å²) in [6.45, 7) is 0. The van der Waals surface area contributed by atoms with Gasteiger partial charge >= 0.3 is 0 Å². The predicted molar refractivity (Wildman–Crippen MR) is 74.5 cm³/mol. The van der Waals surface area contributed by atoms with Crippen LogP contribution in [0.25, 0.3) is 0 Å². The number of thiophene rings is 1. The van der Waals surface area contributed by atoms with Crippen LogP contribution in [0.3, 0.4) is 0 Å². The largest absolute Gasteiger partial charge is 0.320 e. The zero-order valence-corrected chi connectivity index (χ0v) is 12.0. The molecule has 0 saturated carbocycles. The number of halogens is 3. The monoisotopic (exact) mass is 335 g/mol. The van der Waals surface area contributed by atoms with Gasteiger partial charge in [0.2, 0.25) is 0 Å². The molecule has 0 saturated heterocycles. The van der Waals surface area contributed by atoms with Gasteiger partial charge in [0.1, 0.15) is 4.34 Å². The smallest absolute Gasteiger partial charge is 0.107 e. The molecule has 1 aromatic heterocycles. The molecule has 5 heteroatoms. The number of hydrogen-bond acceptors (Lipinski definition) is 2. The Morgan fingerprint density at radius 1 is 1.25 bits per heavy atom. The molecule has 0 aliphatic rings. The highest BCUT2D eigenvalue weighted by Crippen LogP contribution is 2.36. The van der Waals surface area contributed by atoms with Crippen LogP contribution in [0.5, 0.6) is 0 Å². The molecular weight excluding hydrogens is 329 g/mol. The maximum atomic E-state index is 6.14. The highest BCUT2D eigenvalue weighted by molar-refractivity contribution is 9.10. The zero-order chi connectivity index (χ0) is 11.7. The minimum Gasteiger partial charge on any atom is -0.320 e. The van der Waals surface area contributed by atoms with Gasteiger partial charge in [0.25, 0.3) is 0 Å². The summed E-state index contributed by atoms with van der Waals surface area (Å²) in [5.74, 6) is 0. The Bertz CT molecular complexity index is 493. The van der Waals surface area contributed by atoms with Crippen molar-refractivity contribution in [2.24, 2.45) is 5.73 Å². The molecule has 1 nitrogen and oxygen atoms in total. The lowest BCUT2D eigenvalue weighted by atomic mass is 10.1. The molecule has 2 aromatic rings. The highest BCUT2D eigenvalue weighted by atomic mass is 79.9. The number of benzene rings is 1. The van der Waals surface area contributed by atoms with Crippen molar-refractivity contribution < 1.29 is 0 Å². The summed E-state index contributed by atoms with van der Waals surface area (Å²) in [4.78, 5) is 1.01. The normalized spacial score (nSPS) is 12.8. The quantitative estimate of drug-likeness (QED) is 0.832. The Morgan fingerprint density at radius 3 is 2.56 bits per heavy atom. The van der Waals surface area contributed by atoms with E-state index in [2.05, 4.69) is 15.9 Å². The second-order valence-corrected chi connectivity index (χ2v) is 6.28. The minimum absolute atomic E-state index is 0.188. The van der Waals surface area contributed by atoms with Crippen molar-refractivity contribution >= 4 is 50.5 Å². The van der Waals surface area contributed by atoms with Gasteiger partial charge in [-0.25, -0.2) is 0 Å². The number of hydrogen-bond donors (Lipinski definition) is 1. The standard InChI is InChI=1S/C11H8BrCl2NS/c12-8-5-9(16-11(8)14)10(15)6-2-1-3-7(13)4-6/h1-5,10H,15H2. The summed E-state index contributed by atoms with van der Waals surface area (Å²) in [6, 6.07) is 9.30. The van der Waals surface area contributed by atoms with E-state index in [9.17, 15) is 0 Å². The van der Waals surface area contributed by atoms with Crippen molar-refractivity contribution in [2.75, 3.05) is 0 Å². The molecule has 1 atom stereocenters. The van der Waals surface area contributed by atoms with Gasteiger partial charge in [0.05, 0.1) is 6.04 Å². The molecule has 1 unspecified atom stereocenters. The predicted octanol–water partition coefficient (Wildman–Crippen LogP) is 4.87. The lowest BCUT2D eigenvalue weighted by molar-refractivity contribution is 0.893. The van der Waals surface area contributed by atoms with Crippen LogP contribution < -0.4 is 5.73 Å². The lowest BCUT2D eigenvalue weighted by Gasteiger charge is -2.09. The van der Waals surface area contributed by atoms with Crippen LogP contribution in [0.2, 0.25) is 9.36 Å². The van der Waals surface area contributed by atoms with Crippen LogP contribution >= 0.6 is 50.5 Å².